The summed E-state index contributed by atoms with van der Waals surface area (Å²) in [5.74, 6) is -0.210. The van der Waals surface area contributed by atoms with Gasteiger partial charge in [0.1, 0.15) is 5.75 Å². The van der Waals surface area contributed by atoms with Gasteiger partial charge in [0.25, 0.3) is 0 Å². The maximum absolute atomic E-state index is 11.1. The van der Waals surface area contributed by atoms with Gasteiger partial charge in [-0.3, -0.25) is 4.79 Å². The summed E-state index contributed by atoms with van der Waals surface area (Å²) in [7, 11) is 0. The van der Waals surface area contributed by atoms with Crippen LogP contribution in [0.15, 0.2) is 40.9 Å². The molecule has 0 bridgehead atoms. The van der Waals surface area contributed by atoms with Gasteiger partial charge in [0.2, 0.25) is 5.91 Å². The number of nitrogens with two attached hydrogens (primary N) is 1. The average Bonchev–Trinajstić information content (AvgIpc) is 2.41. The Morgan fingerprint density at radius 1 is 1.30 bits per heavy atom. The number of aryl methyl sites for hydroxylation is 1. The van der Waals surface area contributed by atoms with E-state index in [0.29, 0.717) is 16.6 Å². The number of anilines is 1. The molecular weight excluding hydrogens is 320 g/mol. The minimum Gasteiger partial charge on any atom is -0.507 e. The van der Waals surface area contributed by atoms with Crippen LogP contribution in [0.25, 0.3) is 0 Å². The van der Waals surface area contributed by atoms with Gasteiger partial charge >= 0.3 is 0 Å². The number of hydrogen-bond acceptors (Lipinski definition) is 3. The van der Waals surface area contributed by atoms with E-state index in [9.17, 15) is 9.90 Å². The standard InChI is InChI=1S/C15H15BrN2O2/c1-9-6-11(15(17)20)3-4-13(9)18-8-10-2-5-14(19)12(16)7-10/h2-7,18-19H,8H2,1H3,(H2,17,20). The lowest BCUT2D eigenvalue weighted by Gasteiger charge is -2.11. The summed E-state index contributed by atoms with van der Waals surface area (Å²) in [6.45, 7) is 2.54. The fraction of sp³-hybridized carbons (Fsp3) is 0.133. The van der Waals surface area contributed by atoms with Gasteiger partial charge in [-0.15, -0.1) is 0 Å². The number of amides is 1. The van der Waals surface area contributed by atoms with Crippen LogP contribution in [0.4, 0.5) is 5.69 Å². The summed E-state index contributed by atoms with van der Waals surface area (Å²) in [6.07, 6.45) is 0. The normalized spacial score (nSPS) is 10.3. The highest BCUT2D eigenvalue weighted by atomic mass is 79.9. The molecule has 0 radical (unpaired) electrons. The monoisotopic (exact) mass is 334 g/mol. The number of aromatic hydroxyl groups is 1. The SMILES string of the molecule is Cc1cc(C(N)=O)ccc1NCc1ccc(O)c(Br)c1. The highest BCUT2D eigenvalue weighted by Crippen LogP contribution is 2.25. The van der Waals surface area contributed by atoms with Crippen molar-refractivity contribution in [2.45, 2.75) is 13.5 Å². The zero-order valence-electron chi connectivity index (χ0n) is 11.0. The smallest absolute Gasteiger partial charge is 0.248 e. The van der Waals surface area contributed by atoms with E-state index in [2.05, 4.69) is 21.2 Å². The van der Waals surface area contributed by atoms with Gasteiger partial charge in [0, 0.05) is 17.8 Å². The van der Waals surface area contributed by atoms with Gasteiger partial charge in [-0.1, -0.05) is 6.07 Å². The molecule has 104 valence electrons. The largest absolute Gasteiger partial charge is 0.507 e. The summed E-state index contributed by atoms with van der Waals surface area (Å²) in [5.41, 5.74) is 8.68. The third kappa shape index (κ3) is 3.30. The van der Waals surface area contributed by atoms with Crippen LogP contribution < -0.4 is 11.1 Å². The maximum atomic E-state index is 11.1. The molecule has 4 nitrogen and oxygen atoms in total. The Kier molecular flexibility index (Phi) is 4.29. The van der Waals surface area contributed by atoms with Crippen LogP contribution in [0.2, 0.25) is 0 Å². The topological polar surface area (TPSA) is 75.4 Å². The number of benzene rings is 2. The van der Waals surface area contributed by atoms with E-state index in [4.69, 9.17) is 5.73 Å². The van der Waals surface area contributed by atoms with Crippen LogP contribution in [0, 0.1) is 6.92 Å². The van der Waals surface area contributed by atoms with Gasteiger partial charge in [0.15, 0.2) is 0 Å². The van der Waals surface area contributed by atoms with Gasteiger partial charge in [-0.2, -0.15) is 0 Å². The first kappa shape index (κ1) is 14.4. The van der Waals surface area contributed by atoms with Crippen LogP contribution in [0.5, 0.6) is 5.75 Å². The lowest BCUT2D eigenvalue weighted by atomic mass is 10.1. The Morgan fingerprint density at radius 2 is 2.05 bits per heavy atom. The quantitative estimate of drug-likeness (QED) is 0.803. The van der Waals surface area contributed by atoms with E-state index in [-0.39, 0.29) is 5.75 Å². The maximum Gasteiger partial charge on any atom is 0.248 e. The molecule has 1 amide bonds. The second-order valence-corrected chi connectivity index (χ2v) is 5.39. The molecule has 0 aromatic heterocycles. The Bertz CT molecular complexity index is 656. The van der Waals surface area contributed by atoms with Crippen LogP contribution in [0.1, 0.15) is 21.5 Å². The number of hydrogen-bond donors (Lipinski definition) is 3. The van der Waals surface area contributed by atoms with Crippen LogP contribution in [-0.2, 0) is 6.54 Å². The minimum absolute atomic E-state index is 0.218. The third-order valence-electron chi connectivity index (χ3n) is 3.01. The molecular formula is C15H15BrN2O2. The van der Waals surface area contributed by atoms with Crippen molar-refractivity contribution in [2.75, 3.05) is 5.32 Å². The molecule has 0 aliphatic carbocycles. The summed E-state index contributed by atoms with van der Waals surface area (Å²) in [6, 6.07) is 10.6. The number of nitrogens with one attached hydrogen (secondary N) is 1. The number of rotatable bonds is 4. The zero-order chi connectivity index (χ0) is 14.7. The van der Waals surface area contributed by atoms with E-state index >= 15 is 0 Å². The number of halogens is 1. The van der Waals surface area contributed by atoms with Crippen molar-refractivity contribution in [3.05, 3.63) is 57.6 Å². The molecule has 0 unspecified atom stereocenters. The highest BCUT2D eigenvalue weighted by Gasteiger charge is 2.05. The minimum atomic E-state index is -0.429. The molecule has 0 heterocycles. The van der Waals surface area contributed by atoms with E-state index in [0.717, 1.165) is 16.8 Å². The van der Waals surface area contributed by atoms with Crippen molar-refractivity contribution in [1.29, 1.82) is 0 Å². The first-order valence-corrected chi connectivity index (χ1v) is 6.88. The van der Waals surface area contributed by atoms with Crippen LogP contribution >= 0.6 is 15.9 Å². The number of primary amides is 1. The molecule has 2 aromatic rings. The summed E-state index contributed by atoms with van der Waals surface area (Å²) in [5, 5.41) is 12.7. The second kappa shape index (κ2) is 5.96. The van der Waals surface area contributed by atoms with E-state index in [1.807, 2.05) is 25.1 Å². The molecule has 0 fully saturated rings. The van der Waals surface area contributed by atoms with Crippen molar-refractivity contribution in [3.8, 4) is 5.75 Å². The van der Waals surface area contributed by atoms with Crippen LogP contribution in [-0.4, -0.2) is 11.0 Å². The first-order valence-electron chi connectivity index (χ1n) is 6.09. The van der Waals surface area contributed by atoms with Crippen molar-refractivity contribution >= 4 is 27.5 Å². The molecule has 4 N–H and O–H groups in total. The predicted molar refractivity (Wildman–Crippen MR) is 82.8 cm³/mol. The molecule has 20 heavy (non-hydrogen) atoms. The number of phenolic OH excluding ortho intramolecular Hbond substituents is 1. The summed E-state index contributed by atoms with van der Waals surface area (Å²) in [4.78, 5) is 11.1. The lowest BCUT2D eigenvalue weighted by molar-refractivity contribution is 0.1000. The predicted octanol–water partition coefficient (Wildman–Crippen LogP) is 3.17. The first-order chi connectivity index (χ1) is 9.47. The Balaban J connectivity index is 2.10. The number of carbonyl (C=O) groups excluding carboxylic acids is 1. The fourth-order valence-corrected chi connectivity index (χ4v) is 2.30. The molecule has 0 atom stereocenters. The van der Waals surface area contributed by atoms with Gasteiger partial charge in [0.05, 0.1) is 4.47 Å². The lowest BCUT2D eigenvalue weighted by Crippen LogP contribution is -2.11. The third-order valence-corrected chi connectivity index (χ3v) is 3.64. The Hall–Kier alpha value is -2.01. The molecule has 2 aromatic carbocycles. The van der Waals surface area contributed by atoms with Gasteiger partial charge < -0.3 is 16.2 Å². The van der Waals surface area contributed by atoms with E-state index < -0.39 is 5.91 Å². The molecule has 5 heteroatoms. The number of phenols is 1. The molecule has 0 aliphatic heterocycles. The van der Waals surface area contributed by atoms with Crippen molar-refractivity contribution in [3.63, 3.8) is 0 Å². The van der Waals surface area contributed by atoms with Crippen LogP contribution in [0.3, 0.4) is 0 Å². The fourth-order valence-electron chi connectivity index (χ4n) is 1.87. The molecule has 2 rings (SSSR count). The van der Waals surface area contributed by atoms with Crippen molar-refractivity contribution < 1.29 is 9.90 Å². The molecule has 0 aliphatic rings. The Labute approximate surface area is 125 Å². The van der Waals surface area contributed by atoms with Crippen molar-refractivity contribution in [2.24, 2.45) is 5.73 Å². The zero-order valence-corrected chi connectivity index (χ0v) is 12.6. The number of carbonyl (C=O) groups is 1. The average molecular weight is 335 g/mol. The van der Waals surface area contributed by atoms with Gasteiger partial charge in [-0.05, 0) is 64.3 Å². The second-order valence-electron chi connectivity index (χ2n) is 4.53. The summed E-state index contributed by atoms with van der Waals surface area (Å²) >= 11 is 3.28. The van der Waals surface area contributed by atoms with E-state index in [1.165, 1.54) is 0 Å². The van der Waals surface area contributed by atoms with Gasteiger partial charge in [-0.25, -0.2) is 0 Å². The Morgan fingerprint density at radius 3 is 2.65 bits per heavy atom. The van der Waals surface area contributed by atoms with Crippen molar-refractivity contribution in [1.82, 2.24) is 0 Å². The molecule has 0 spiro atoms. The molecule has 0 saturated carbocycles. The molecule has 0 saturated heterocycles. The highest BCUT2D eigenvalue weighted by molar-refractivity contribution is 9.10. The van der Waals surface area contributed by atoms with E-state index in [1.54, 1.807) is 18.2 Å². The summed E-state index contributed by atoms with van der Waals surface area (Å²) < 4.78 is 0.664.